The zero-order valence-electron chi connectivity index (χ0n) is 10.0. The fraction of sp³-hybridized carbons (Fsp3) is 0.500. The van der Waals surface area contributed by atoms with Gasteiger partial charge in [-0.05, 0) is 20.8 Å². The summed E-state index contributed by atoms with van der Waals surface area (Å²) in [5.74, 6) is -0.929. The van der Waals surface area contributed by atoms with E-state index in [0.717, 1.165) is 6.08 Å². The van der Waals surface area contributed by atoms with Crippen molar-refractivity contribution in [2.24, 2.45) is 0 Å². The molecule has 0 atom stereocenters. The van der Waals surface area contributed by atoms with Crippen LogP contribution in [0.4, 0.5) is 0 Å². The molecule has 0 fully saturated rings. The lowest BCUT2D eigenvalue weighted by Crippen LogP contribution is -2.29. The van der Waals surface area contributed by atoms with Gasteiger partial charge in [-0.15, -0.1) is 0 Å². The molecule has 0 aliphatic rings. The van der Waals surface area contributed by atoms with E-state index in [1.807, 2.05) is 0 Å². The molecule has 0 aliphatic carbocycles. The Balaban J connectivity index is 3.99. The number of rotatable bonds is 6. The third kappa shape index (κ3) is 6.01. The van der Waals surface area contributed by atoms with Crippen LogP contribution in [0.5, 0.6) is 0 Å². The SMILES string of the molecule is C=CC(=O)OC(C)(C)CCOC(=O)C(=C)C. The predicted octanol–water partition coefficient (Wildman–Crippen LogP) is 2.00. The molecule has 4 heteroatoms. The van der Waals surface area contributed by atoms with Gasteiger partial charge in [-0.25, -0.2) is 9.59 Å². The number of carbonyl (C=O) groups excluding carboxylic acids is 2. The summed E-state index contributed by atoms with van der Waals surface area (Å²) < 4.78 is 9.96. The molecular formula is C12H18O4. The highest BCUT2D eigenvalue weighted by molar-refractivity contribution is 5.86. The summed E-state index contributed by atoms with van der Waals surface area (Å²) >= 11 is 0. The topological polar surface area (TPSA) is 52.6 Å². The lowest BCUT2D eigenvalue weighted by atomic mass is 10.1. The lowest BCUT2D eigenvalue weighted by Gasteiger charge is -2.24. The summed E-state index contributed by atoms with van der Waals surface area (Å²) in [4.78, 5) is 22.0. The second-order valence-electron chi connectivity index (χ2n) is 4.05. The molecule has 0 N–H and O–H groups in total. The first-order chi connectivity index (χ1) is 7.28. The van der Waals surface area contributed by atoms with Crippen LogP contribution in [0.1, 0.15) is 27.2 Å². The van der Waals surface area contributed by atoms with E-state index >= 15 is 0 Å². The molecule has 0 amide bonds. The molecule has 0 aromatic heterocycles. The van der Waals surface area contributed by atoms with E-state index in [4.69, 9.17) is 9.47 Å². The van der Waals surface area contributed by atoms with Gasteiger partial charge < -0.3 is 9.47 Å². The maximum atomic E-state index is 11.1. The Labute approximate surface area is 95.9 Å². The van der Waals surface area contributed by atoms with E-state index in [2.05, 4.69) is 13.2 Å². The quantitative estimate of drug-likeness (QED) is 0.513. The van der Waals surface area contributed by atoms with Crippen molar-refractivity contribution in [3.63, 3.8) is 0 Å². The van der Waals surface area contributed by atoms with E-state index in [1.54, 1.807) is 20.8 Å². The maximum absolute atomic E-state index is 11.1. The second kappa shape index (κ2) is 6.10. The highest BCUT2D eigenvalue weighted by atomic mass is 16.6. The fourth-order valence-corrected chi connectivity index (χ4v) is 0.878. The van der Waals surface area contributed by atoms with Crippen molar-refractivity contribution >= 4 is 11.9 Å². The van der Waals surface area contributed by atoms with Crippen LogP contribution in [0.3, 0.4) is 0 Å². The number of ether oxygens (including phenoxy) is 2. The summed E-state index contributed by atoms with van der Waals surface area (Å²) in [5, 5.41) is 0. The van der Waals surface area contributed by atoms with Crippen LogP contribution < -0.4 is 0 Å². The Morgan fingerprint density at radius 1 is 1.38 bits per heavy atom. The van der Waals surface area contributed by atoms with Crippen LogP contribution in [0, 0.1) is 0 Å². The molecule has 0 aromatic carbocycles. The van der Waals surface area contributed by atoms with Crippen molar-refractivity contribution in [1.29, 1.82) is 0 Å². The molecule has 0 unspecified atom stereocenters. The van der Waals surface area contributed by atoms with Crippen molar-refractivity contribution in [2.75, 3.05) is 6.61 Å². The van der Waals surface area contributed by atoms with Crippen LogP contribution in [0.15, 0.2) is 24.8 Å². The Bertz CT molecular complexity index is 302. The van der Waals surface area contributed by atoms with Gasteiger partial charge in [0, 0.05) is 18.1 Å². The molecule has 90 valence electrons. The van der Waals surface area contributed by atoms with Gasteiger partial charge in [0.1, 0.15) is 5.60 Å². The summed E-state index contributed by atoms with van der Waals surface area (Å²) in [6.45, 7) is 12.0. The number of hydrogen-bond acceptors (Lipinski definition) is 4. The minimum absolute atomic E-state index is 0.184. The maximum Gasteiger partial charge on any atom is 0.333 e. The molecule has 0 bridgehead atoms. The van der Waals surface area contributed by atoms with Crippen LogP contribution >= 0.6 is 0 Å². The van der Waals surface area contributed by atoms with Crippen molar-refractivity contribution in [3.05, 3.63) is 24.8 Å². The third-order valence-corrected chi connectivity index (χ3v) is 1.83. The smallest absolute Gasteiger partial charge is 0.333 e. The van der Waals surface area contributed by atoms with Gasteiger partial charge in [-0.1, -0.05) is 13.2 Å². The Kier molecular flexibility index (Phi) is 5.50. The number of esters is 2. The summed E-state index contributed by atoms with van der Waals surface area (Å²) in [7, 11) is 0. The Morgan fingerprint density at radius 3 is 2.38 bits per heavy atom. The first-order valence-electron chi connectivity index (χ1n) is 4.96. The highest BCUT2D eigenvalue weighted by Crippen LogP contribution is 2.15. The van der Waals surface area contributed by atoms with Crippen molar-refractivity contribution in [2.45, 2.75) is 32.8 Å². The third-order valence-electron chi connectivity index (χ3n) is 1.83. The van der Waals surface area contributed by atoms with Crippen molar-refractivity contribution in [1.82, 2.24) is 0 Å². The van der Waals surface area contributed by atoms with Crippen molar-refractivity contribution in [3.8, 4) is 0 Å². The average molecular weight is 226 g/mol. The molecule has 0 saturated carbocycles. The largest absolute Gasteiger partial charge is 0.462 e. The molecule has 4 nitrogen and oxygen atoms in total. The van der Waals surface area contributed by atoms with Crippen LogP contribution in [0.25, 0.3) is 0 Å². The van der Waals surface area contributed by atoms with Gasteiger partial charge >= 0.3 is 11.9 Å². The summed E-state index contributed by atoms with van der Waals surface area (Å²) in [6, 6.07) is 0. The van der Waals surface area contributed by atoms with Crippen molar-refractivity contribution < 1.29 is 19.1 Å². The van der Waals surface area contributed by atoms with E-state index in [9.17, 15) is 9.59 Å². The monoisotopic (exact) mass is 226 g/mol. The molecule has 0 aliphatic heterocycles. The summed E-state index contributed by atoms with van der Waals surface area (Å²) in [6.07, 6.45) is 1.52. The van der Waals surface area contributed by atoms with Crippen LogP contribution in [-0.4, -0.2) is 24.1 Å². The zero-order chi connectivity index (χ0) is 12.8. The van der Waals surface area contributed by atoms with Gasteiger partial charge in [0.05, 0.1) is 6.61 Å². The Hall–Kier alpha value is -1.58. The van der Waals surface area contributed by atoms with E-state index in [0.29, 0.717) is 12.0 Å². The van der Waals surface area contributed by atoms with E-state index in [1.165, 1.54) is 0 Å². The second-order valence-corrected chi connectivity index (χ2v) is 4.05. The number of carbonyl (C=O) groups is 2. The molecule has 0 saturated heterocycles. The van der Waals surface area contributed by atoms with Gasteiger partial charge in [0.15, 0.2) is 0 Å². The molecule has 0 spiro atoms. The van der Waals surface area contributed by atoms with Gasteiger partial charge in [0.25, 0.3) is 0 Å². The molecule has 16 heavy (non-hydrogen) atoms. The molecule has 0 heterocycles. The molecule has 0 radical (unpaired) electrons. The molecular weight excluding hydrogens is 208 g/mol. The number of hydrogen-bond donors (Lipinski definition) is 0. The average Bonchev–Trinajstić information content (AvgIpc) is 2.16. The zero-order valence-corrected chi connectivity index (χ0v) is 10.0. The Morgan fingerprint density at radius 2 is 1.94 bits per heavy atom. The first-order valence-corrected chi connectivity index (χ1v) is 4.96. The highest BCUT2D eigenvalue weighted by Gasteiger charge is 2.22. The summed E-state index contributed by atoms with van der Waals surface area (Å²) in [5.41, 5.74) is -0.332. The van der Waals surface area contributed by atoms with E-state index < -0.39 is 17.5 Å². The van der Waals surface area contributed by atoms with Gasteiger partial charge in [-0.2, -0.15) is 0 Å². The standard InChI is InChI=1S/C12H18O4/c1-6-10(13)16-12(4,5)7-8-15-11(14)9(2)3/h6H,1-2,7-8H2,3-5H3. The van der Waals surface area contributed by atoms with E-state index in [-0.39, 0.29) is 6.61 Å². The minimum Gasteiger partial charge on any atom is -0.462 e. The normalized spacial score (nSPS) is 10.4. The first kappa shape index (κ1) is 14.4. The molecule has 0 aromatic rings. The van der Waals surface area contributed by atoms with Gasteiger partial charge in [-0.3, -0.25) is 0 Å². The predicted molar refractivity (Wildman–Crippen MR) is 60.8 cm³/mol. The fourth-order valence-electron chi connectivity index (χ4n) is 0.878. The van der Waals surface area contributed by atoms with Crippen LogP contribution in [-0.2, 0) is 19.1 Å². The van der Waals surface area contributed by atoms with Gasteiger partial charge in [0.2, 0.25) is 0 Å². The molecule has 0 rings (SSSR count). The minimum atomic E-state index is -0.680. The van der Waals surface area contributed by atoms with Crippen LogP contribution in [0.2, 0.25) is 0 Å². The lowest BCUT2D eigenvalue weighted by molar-refractivity contribution is -0.152.